The summed E-state index contributed by atoms with van der Waals surface area (Å²) in [6, 6.07) is 12.8. The fraction of sp³-hybridized carbons (Fsp3) is 0.368. The van der Waals surface area contributed by atoms with E-state index in [2.05, 4.69) is 10.8 Å². The molecule has 1 atom stereocenters. The third kappa shape index (κ3) is 3.86. The van der Waals surface area contributed by atoms with Gasteiger partial charge < -0.3 is 9.84 Å². The highest BCUT2D eigenvalue weighted by Gasteiger charge is 2.33. The molecule has 0 radical (unpaired) electrons. The molecule has 6 heteroatoms. The fourth-order valence-electron chi connectivity index (χ4n) is 3.29. The van der Waals surface area contributed by atoms with E-state index in [4.69, 9.17) is 4.74 Å². The second-order valence-electron chi connectivity index (χ2n) is 6.63. The van der Waals surface area contributed by atoms with Crippen molar-refractivity contribution in [2.75, 3.05) is 13.7 Å². The maximum absolute atomic E-state index is 12.6. The Morgan fingerprint density at radius 1 is 1.20 bits per heavy atom. The van der Waals surface area contributed by atoms with E-state index in [0.29, 0.717) is 24.2 Å². The number of aliphatic hydroxyl groups is 1. The summed E-state index contributed by atoms with van der Waals surface area (Å²) in [5, 5.41) is 10.8. The molecule has 5 nitrogen and oxygen atoms in total. The Kier molecular flexibility index (Phi) is 4.86. The van der Waals surface area contributed by atoms with Crippen molar-refractivity contribution in [3.05, 3.63) is 59.2 Å². The average Bonchev–Trinajstić information content (AvgIpc) is 2.60. The molecule has 25 heavy (non-hydrogen) atoms. The van der Waals surface area contributed by atoms with Crippen molar-refractivity contribution in [3.8, 4) is 5.75 Å². The molecule has 0 aromatic heterocycles. The average molecular weight is 361 g/mol. The Labute approximate surface area is 148 Å². The number of nitrogens with one attached hydrogen (secondary N) is 1. The van der Waals surface area contributed by atoms with Crippen molar-refractivity contribution in [1.82, 2.24) is 4.72 Å². The first-order valence-electron chi connectivity index (χ1n) is 8.26. The lowest BCUT2D eigenvalue weighted by Crippen LogP contribution is -2.46. The zero-order valence-corrected chi connectivity index (χ0v) is 15.3. The van der Waals surface area contributed by atoms with Crippen LogP contribution in [0.1, 0.15) is 23.1 Å². The van der Waals surface area contributed by atoms with Crippen molar-refractivity contribution >= 4 is 10.0 Å². The molecule has 2 N–H and O–H groups in total. The first-order chi connectivity index (χ1) is 11.8. The summed E-state index contributed by atoms with van der Waals surface area (Å²) in [7, 11) is -2.16. The zero-order chi connectivity index (χ0) is 18.1. The molecule has 1 aliphatic carbocycles. The number of rotatable bonds is 5. The first kappa shape index (κ1) is 17.9. The molecular formula is C19H23NO4S. The van der Waals surface area contributed by atoms with Gasteiger partial charge in [0.2, 0.25) is 10.0 Å². The van der Waals surface area contributed by atoms with Gasteiger partial charge in [-0.1, -0.05) is 24.3 Å². The van der Waals surface area contributed by atoms with Gasteiger partial charge in [-0.15, -0.1) is 0 Å². The number of hydrogen-bond acceptors (Lipinski definition) is 4. The first-order valence-corrected chi connectivity index (χ1v) is 9.75. The Morgan fingerprint density at radius 3 is 2.60 bits per heavy atom. The molecule has 2 aromatic rings. The van der Waals surface area contributed by atoms with Gasteiger partial charge in [0.15, 0.2) is 0 Å². The zero-order valence-electron chi connectivity index (χ0n) is 14.5. The van der Waals surface area contributed by atoms with Gasteiger partial charge in [-0.3, -0.25) is 0 Å². The molecule has 2 aromatic carbocycles. The minimum absolute atomic E-state index is 0.00482. The van der Waals surface area contributed by atoms with E-state index in [9.17, 15) is 13.5 Å². The smallest absolute Gasteiger partial charge is 0.240 e. The van der Waals surface area contributed by atoms with Crippen molar-refractivity contribution < 1.29 is 18.3 Å². The maximum Gasteiger partial charge on any atom is 0.240 e. The lowest BCUT2D eigenvalue weighted by Gasteiger charge is -2.33. The Morgan fingerprint density at radius 2 is 1.92 bits per heavy atom. The molecule has 0 bridgehead atoms. The number of aryl methyl sites for hydroxylation is 2. The SMILES string of the molecule is COc1ccc(S(=O)(=O)NCC2(O)CCc3ccccc3C2)c(C)c1. The van der Waals surface area contributed by atoms with Crippen LogP contribution in [0.4, 0.5) is 0 Å². The normalized spacial score (nSPS) is 20.1. The summed E-state index contributed by atoms with van der Waals surface area (Å²) in [6.45, 7) is 1.72. The molecule has 0 fully saturated rings. The predicted molar refractivity (Wildman–Crippen MR) is 96.3 cm³/mol. The summed E-state index contributed by atoms with van der Waals surface area (Å²) in [5.74, 6) is 0.610. The highest BCUT2D eigenvalue weighted by Crippen LogP contribution is 2.29. The van der Waals surface area contributed by atoms with Crippen LogP contribution in [0.15, 0.2) is 47.4 Å². The number of methoxy groups -OCH3 is 1. The molecule has 0 spiro atoms. The quantitative estimate of drug-likeness (QED) is 0.856. The Hall–Kier alpha value is -1.89. The van der Waals surface area contributed by atoms with Crippen LogP contribution in [-0.2, 0) is 22.9 Å². The molecule has 0 saturated carbocycles. The second-order valence-corrected chi connectivity index (χ2v) is 8.36. The molecule has 1 unspecified atom stereocenters. The molecular weight excluding hydrogens is 338 g/mol. The van der Waals surface area contributed by atoms with Crippen LogP contribution in [0, 0.1) is 6.92 Å². The molecule has 1 aliphatic rings. The van der Waals surface area contributed by atoms with Crippen LogP contribution in [0.2, 0.25) is 0 Å². The van der Waals surface area contributed by atoms with E-state index < -0.39 is 15.6 Å². The van der Waals surface area contributed by atoms with Gasteiger partial charge in [-0.2, -0.15) is 0 Å². The molecule has 0 heterocycles. The predicted octanol–water partition coefficient (Wildman–Crippen LogP) is 2.20. The Bertz CT molecular complexity index is 879. The van der Waals surface area contributed by atoms with E-state index in [-0.39, 0.29) is 11.4 Å². The summed E-state index contributed by atoms with van der Waals surface area (Å²) in [6.07, 6.45) is 1.73. The van der Waals surface area contributed by atoms with E-state index in [1.54, 1.807) is 19.1 Å². The van der Waals surface area contributed by atoms with Crippen molar-refractivity contribution in [1.29, 1.82) is 0 Å². The Balaban J connectivity index is 1.74. The van der Waals surface area contributed by atoms with Gasteiger partial charge in [-0.25, -0.2) is 13.1 Å². The van der Waals surface area contributed by atoms with Gasteiger partial charge in [-0.05, 0) is 54.7 Å². The third-order valence-corrected chi connectivity index (χ3v) is 6.32. The lowest BCUT2D eigenvalue weighted by atomic mass is 9.80. The number of ether oxygens (including phenoxy) is 1. The summed E-state index contributed by atoms with van der Waals surface area (Å²) >= 11 is 0. The van der Waals surface area contributed by atoms with Gasteiger partial charge in [0.1, 0.15) is 5.75 Å². The number of fused-ring (bicyclic) bond motifs is 1. The van der Waals surface area contributed by atoms with Crippen LogP contribution in [0.3, 0.4) is 0 Å². The molecule has 0 saturated heterocycles. The third-order valence-electron chi connectivity index (χ3n) is 4.76. The van der Waals surface area contributed by atoms with Crippen molar-refractivity contribution in [2.24, 2.45) is 0 Å². The van der Waals surface area contributed by atoms with Gasteiger partial charge >= 0.3 is 0 Å². The largest absolute Gasteiger partial charge is 0.497 e. The molecule has 134 valence electrons. The molecule has 0 amide bonds. The standard InChI is InChI=1S/C19H23NO4S/c1-14-11-17(24-2)7-8-18(14)25(22,23)20-13-19(21)10-9-15-5-3-4-6-16(15)12-19/h3-8,11,20-21H,9-10,12-13H2,1-2H3. The van der Waals surface area contributed by atoms with Crippen LogP contribution < -0.4 is 9.46 Å². The number of benzene rings is 2. The van der Waals surface area contributed by atoms with Gasteiger partial charge in [0.05, 0.1) is 17.6 Å². The lowest BCUT2D eigenvalue weighted by molar-refractivity contribution is 0.0317. The van der Waals surface area contributed by atoms with E-state index in [0.717, 1.165) is 12.0 Å². The van der Waals surface area contributed by atoms with Crippen molar-refractivity contribution in [2.45, 2.75) is 36.7 Å². The van der Waals surface area contributed by atoms with Crippen LogP contribution in [0.25, 0.3) is 0 Å². The van der Waals surface area contributed by atoms with E-state index >= 15 is 0 Å². The van der Waals surface area contributed by atoms with Crippen molar-refractivity contribution in [3.63, 3.8) is 0 Å². The van der Waals surface area contributed by atoms with E-state index in [1.807, 2.05) is 18.2 Å². The van der Waals surface area contributed by atoms with Crippen LogP contribution in [-0.4, -0.2) is 32.8 Å². The highest BCUT2D eigenvalue weighted by atomic mass is 32.2. The monoisotopic (exact) mass is 361 g/mol. The summed E-state index contributed by atoms with van der Waals surface area (Å²) in [5.41, 5.74) is 1.84. The van der Waals surface area contributed by atoms with E-state index in [1.165, 1.54) is 18.7 Å². The number of hydrogen-bond donors (Lipinski definition) is 2. The van der Waals surface area contributed by atoms with Crippen LogP contribution >= 0.6 is 0 Å². The van der Waals surface area contributed by atoms with Crippen LogP contribution in [0.5, 0.6) is 5.75 Å². The minimum atomic E-state index is -3.70. The molecule has 0 aliphatic heterocycles. The maximum atomic E-state index is 12.6. The number of sulfonamides is 1. The minimum Gasteiger partial charge on any atom is -0.497 e. The highest BCUT2D eigenvalue weighted by molar-refractivity contribution is 7.89. The second kappa shape index (κ2) is 6.78. The summed E-state index contributed by atoms with van der Waals surface area (Å²) in [4.78, 5) is 0.202. The van der Waals surface area contributed by atoms with Gasteiger partial charge in [0.25, 0.3) is 0 Å². The molecule has 3 rings (SSSR count). The van der Waals surface area contributed by atoms with Gasteiger partial charge in [0, 0.05) is 13.0 Å². The topological polar surface area (TPSA) is 75.6 Å². The summed E-state index contributed by atoms with van der Waals surface area (Å²) < 4.78 is 32.9. The fourth-order valence-corrected chi connectivity index (χ4v) is 4.64.